The zero-order chi connectivity index (χ0) is 18.1. The van der Waals surface area contributed by atoms with Crippen molar-refractivity contribution >= 4 is 11.6 Å². The summed E-state index contributed by atoms with van der Waals surface area (Å²) >= 11 is 0. The van der Waals surface area contributed by atoms with Gasteiger partial charge in [0.25, 0.3) is 0 Å². The molecule has 0 bridgehead atoms. The van der Waals surface area contributed by atoms with Gasteiger partial charge in [-0.05, 0) is 43.7 Å². The average molecular weight is 342 g/mol. The third kappa shape index (κ3) is 5.41. The molecule has 5 heteroatoms. The third-order valence-electron chi connectivity index (χ3n) is 3.86. The lowest BCUT2D eigenvalue weighted by atomic mass is 10.2. The molecule has 1 N–H and O–H groups in total. The van der Waals surface area contributed by atoms with Crippen LogP contribution >= 0.6 is 0 Å². The van der Waals surface area contributed by atoms with E-state index in [1.54, 1.807) is 7.11 Å². The van der Waals surface area contributed by atoms with E-state index < -0.39 is 0 Å². The second-order valence-corrected chi connectivity index (χ2v) is 5.54. The summed E-state index contributed by atoms with van der Waals surface area (Å²) in [6, 6.07) is 15.6. The number of benzene rings is 2. The first-order valence-corrected chi connectivity index (χ1v) is 8.54. The van der Waals surface area contributed by atoms with Gasteiger partial charge in [-0.25, -0.2) is 0 Å². The van der Waals surface area contributed by atoms with E-state index in [0.29, 0.717) is 31.2 Å². The molecule has 2 aromatic carbocycles. The van der Waals surface area contributed by atoms with Gasteiger partial charge in [-0.2, -0.15) is 0 Å². The average Bonchev–Trinajstić information content (AvgIpc) is 2.66. The highest BCUT2D eigenvalue weighted by molar-refractivity contribution is 5.81. The molecule has 0 aliphatic carbocycles. The van der Waals surface area contributed by atoms with Crippen molar-refractivity contribution in [1.82, 2.24) is 5.32 Å². The van der Waals surface area contributed by atoms with Crippen molar-refractivity contribution in [2.24, 2.45) is 0 Å². The summed E-state index contributed by atoms with van der Waals surface area (Å²) < 4.78 is 10.8. The number of methoxy groups -OCH3 is 1. The molecule has 2 aromatic rings. The summed E-state index contributed by atoms with van der Waals surface area (Å²) in [5, 5.41) is 2.96. The highest BCUT2D eigenvalue weighted by Gasteiger charge is 2.10. The molecule has 0 saturated carbocycles. The third-order valence-corrected chi connectivity index (χ3v) is 3.86. The van der Waals surface area contributed by atoms with E-state index in [1.807, 2.05) is 67.3 Å². The minimum absolute atomic E-state index is 0.0152. The van der Waals surface area contributed by atoms with Crippen LogP contribution in [0, 0.1) is 0 Å². The van der Waals surface area contributed by atoms with Crippen molar-refractivity contribution in [3.05, 3.63) is 54.1 Å². The van der Waals surface area contributed by atoms with Gasteiger partial charge in [-0.1, -0.05) is 24.3 Å². The SMILES string of the molecule is CCOc1ccc(CNC(=O)CN(CC)c2ccccc2)cc1OC. The Bertz CT molecular complexity index is 674. The van der Waals surface area contributed by atoms with Gasteiger partial charge >= 0.3 is 0 Å². The summed E-state index contributed by atoms with van der Waals surface area (Å²) in [5.41, 5.74) is 2.01. The normalized spacial score (nSPS) is 10.2. The number of para-hydroxylation sites is 1. The molecule has 0 heterocycles. The molecule has 0 aliphatic rings. The van der Waals surface area contributed by atoms with Crippen molar-refractivity contribution in [1.29, 1.82) is 0 Å². The molecular weight excluding hydrogens is 316 g/mol. The van der Waals surface area contributed by atoms with Gasteiger partial charge in [0.1, 0.15) is 0 Å². The Labute approximate surface area is 149 Å². The number of likely N-dealkylation sites (N-methyl/N-ethyl adjacent to an activating group) is 1. The lowest BCUT2D eigenvalue weighted by Gasteiger charge is -2.22. The summed E-state index contributed by atoms with van der Waals surface area (Å²) in [6.07, 6.45) is 0. The van der Waals surface area contributed by atoms with Crippen LogP contribution in [0.2, 0.25) is 0 Å². The van der Waals surface area contributed by atoms with Gasteiger partial charge in [0, 0.05) is 18.8 Å². The van der Waals surface area contributed by atoms with E-state index >= 15 is 0 Å². The lowest BCUT2D eigenvalue weighted by molar-refractivity contribution is -0.119. The molecule has 25 heavy (non-hydrogen) atoms. The topological polar surface area (TPSA) is 50.8 Å². The molecule has 134 valence electrons. The summed E-state index contributed by atoms with van der Waals surface area (Å²) in [4.78, 5) is 14.3. The molecule has 5 nitrogen and oxygen atoms in total. The van der Waals surface area contributed by atoms with E-state index in [4.69, 9.17) is 9.47 Å². The number of carbonyl (C=O) groups excluding carboxylic acids is 1. The number of rotatable bonds is 9. The monoisotopic (exact) mass is 342 g/mol. The van der Waals surface area contributed by atoms with Crippen LogP contribution in [-0.2, 0) is 11.3 Å². The van der Waals surface area contributed by atoms with Gasteiger partial charge in [-0.3, -0.25) is 4.79 Å². The number of amides is 1. The second kappa shape index (κ2) is 9.57. The molecule has 0 atom stereocenters. The van der Waals surface area contributed by atoms with Crippen molar-refractivity contribution in [2.45, 2.75) is 20.4 Å². The Kier molecular flexibility index (Phi) is 7.14. The fraction of sp³-hybridized carbons (Fsp3) is 0.350. The van der Waals surface area contributed by atoms with Gasteiger partial charge in [0.05, 0.1) is 20.3 Å². The van der Waals surface area contributed by atoms with Crippen LogP contribution in [0.1, 0.15) is 19.4 Å². The first-order chi connectivity index (χ1) is 12.2. The first-order valence-electron chi connectivity index (χ1n) is 8.54. The molecule has 0 radical (unpaired) electrons. The van der Waals surface area contributed by atoms with Crippen molar-refractivity contribution < 1.29 is 14.3 Å². The van der Waals surface area contributed by atoms with Crippen LogP contribution in [0.4, 0.5) is 5.69 Å². The van der Waals surface area contributed by atoms with Crippen LogP contribution in [0.3, 0.4) is 0 Å². The zero-order valence-electron chi connectivity index (χ0n) is 15.1. The molecule has 2 rings (SSSR count). The number of ether oxygens (including phenoxy) is 2. The molecule has 0 fully saturated rings. The Balaban J connectivity index is 1.93. The highest BCUT2D eigenvalue weighted by Crippen LogP contribution is 2.27. The van der Waals surface area contributed by atoms with Crippen LogP contribution in [0.5, 0.6) is 11.5 Å². The number of nitrogens with zero attached hydrogens (tertiary/aromatic N) is 1. The standard InChI is InChI=1S/C20H26N2O3/c1-4-22(17-9-7-6-8-10-17)15-20(23)21-14-16-11-12-18(25-5-2)19(13-16)24-3/h6-13H,4-5,14-15H2,1-3H3,(H,21,23). The maximum absolute atomic E-state index is 12.3. The molecular formula is C20H26N2O3. The van der Waals surface area contributed by atoms with Gasteiger partial charge in [0.2, 0.25) is 5.91 Å². The number of hydrogen-bond acceptors (Lipinski definition) is 4. The van der Waals surface area contributed by atoms with Crippen molar-refractivity contribution in [3.8, 4) is 11.5 Å². The Hall–Kier alpha value is -2.69. The lowest BCUT2D eigenvalue weighted by Crippen LogP contribution is -2.36. The highest BCUT2D eigenvalue weighted by atomic mass is 16.5. The maximum Gasteiger partial charge on any atom is 0.239 e. The predicted molar refractivity (Wildman–Crippen MR) is 100 cm³/mol. The minimum Gasteiger partial charge on any atom is -0.493 e. The van der Waals surface area contributed by atoms with Gasteiger partial charge in [-0.15, -0.1) is 0 Å². The minimum atomic E-state index is -0.0152. The fourth-order valence-electron chi connectivity index (χ4n) is 2.55. The molecule has 0 saturated heterocycles. The predicted octanol–water partition coefficient (Wildman–Crippen LogP) is 3.24. The van der Waals surface area contributed by atoms with Crippen LogP contribution in [0.25, 0.3) is 0 Å². The van der Waals surface area contributed by atoms with Crippen LogP contribution in [-0.4, -0.2) is 32.7 Å². The van der Waals surface area contributed by atoms with E-state index in [-0.39, 0.29) is 5.91 Å². The van der Waals surface area contributed by atoms with E-state index in [1.165, 1.54) is 0 Å². The number of carbonyl (C=O) groups is 1. The second-order valence-electron chi connectivity index (χ2n) is 5.54. The Morgan fingerprint density at radius 3 is 2.48 bits per heavy atom. The number of nitrogens with one attached hydrogen (secondary N) is 1. The number of hydrogen-bond donors (Lipinski definition) is 1. The Morgan fingerprint density at radius 2 is 1.84 bits per heavy atom. The van der Waals surface area contributed by atoms with Crippen molar-refractivity contribution in [2.75, 3.05) is 31.7 Å². The number of anilines is 1. The largest absolute Gasteiger partial charge is 0.493 e. The fourth-order valence-corrected chi connectivity index (χ4v) is 2.55. The first kappa shape index (κ1) is 18.6. The molecule has 1 amide bonds. The van der Waals surface area contributed by atoms with Gasteiger partial charge in [0.15, 0.2) is 11.5 Å². The maximum atomic E-state index is 12.3. The molecule has 0 aromatic heterocycles. The summed E-state index contributed by atoms with van der Waals surface area (Å²) in [5.74, 6) is 1.37. The van der Waals surface area contributed by atoms with E-state index in [9.17, 15) is 4.79 Å². The molecule has 0 spiro atoms. The van der Waals surface area contributed by atoms with Crippen LogP contribution < -0.4 is 19.7 Å². The zero-order valence-corrected chi connectivity index (χ0v) is 15.1. The molecule has 0 aliphatic heterocycles. The summed E-state index contributed by atoms with van der Waals surface area (Å²) in [6.45, 7) is 6.10. The quantitative estimate of drug-likeness (QED) is 0.760. The molecule has 0 unspecified atom stereocenters. The van der Waals surface area contributed by atoms with Gasteiger partial charge < -0.3 is 19.7 Å². The van der Waals surface area contributed by atoms with Crippen LogP contribution in [0.15, 0.2) is 48.5 Å². The smallest absolute Gasteiger partial charge is 0.239 e. The Morgan fingerprint density at radius 1 is 1.08 bits per heavy atom. The summed E-state index contributed by atoms with van der Waals surface area (Å²) in [7, 11) is 1.61. The van der Waals surface area contributed by atoms with E-state index in [2.05, 4.69) is 5.32 Å². The van der Waals surface area contributed by atoms with E-state index in [0.717, 1.165) is 17.8 Å². The van der Waals surface area contributed by atoms with Crippen molar-refractivity contribution in [3.63, 3.8) is 0 Å².